The highest BCUT2D eigenvalue weighted by molar-refractivity contribution is 7.98. The van der Waals surface area contributed by atoms with Crippen LogP contribution in [0.2, 0.25) is 5.15 Å². The quantitative estimate of drug-likeness (QED) is 0.644. The highest BCUT2D eigenvalue weighted by Gasteiger charge is 2.26. The Bertz CT molecular complexity index is 525. The predicted octanol–water partition coefficient (Wildman–Crippen LogP) is 3.06. The highest BCUT2D eigenvalue weighted by Crippen LogP contribution is 2.35. The van der Waals surface area contributed by atoms with Gasteiger partial charge in [-0.15, -0.1) is 24.2 Å². The average Bonchev–Trinajstić information content (AvgIpc) is 2.55. The number of thioether (sulfide) groups is 1. The number of piperidine rings is 1. The summed E-state index contributed by atoms with van der Waals surface area (Å²) in [4.78, 5) is 15.1. The summed E-state index contributed by atoms with van der Waals surface area (Å²) in [7, 11) is 0. The molecular formula is C15H25Cl2N5S. The number of aromatic nitrogens is 2. The maximum absolute atomic E-state index is 6.48. The van der Waals surface area contributed by atoms with E-state index >= 15 is 0 Å². The zero-order valence-corrected chi connectivity index (χ0v) is 16.1. The predicted molar refractivity (Wildman–Crippen MR) is 102 cm³/mol. The molecule has 3 rings (SSSR count). The van der Waals surface area contributed by atoms with E-state index in [0.29, 0.717) is 11.2 Å². The van der Waals surface area contributed by atoms with Gasteiger partial charge in [0.1, 0.15) is 11.0 Å². The van der Waals surface area contributed by atoms with Crippen LogP contribution in [0.1, 0.15) is 26.2 Å². The molecule has 5 nitrogen and oxygen atoms in total. The van der Waals surface area contributed by atoms with Crippen LogP contribution in [0.3, 0.4) is 0 Å². The lowest BCUT2D eigenvalue weighted by molar-refractivity contribution is 0.493. The van der Waals surface area contributed by atoms with E-state index in [1.165, 1.54) is 19.3 Å². The molecule has 2 fully saturated rings. The molecule has 130 valence electrons. The van der Waals surface area contributed by atoms with Gasteiger partial charge in [-0.05, 0) is 32.4 Å². The number of nitrogens with one attached hydrogen (secondary N) is 1. The zero-order chi connectivity index (χ0) is 15.5. The topological polar surface area (TPSA) is 44.3 Å². The summed E-state index contributed by atoms with van der Waals surface area (Å²) in [5.74, 6) is 1.80. The number of piperazine rings is 1. The summed E-state index contributed by atoms with van der Waals surface area (Å²) in [6.07, 6.45) is 5.77. The molecular weight excluding hydrogens is 353 g/mol. The summed E-state index contributed by atoms with van der Waals surface area (Å²) in [5.41, 5.74) is 0. The zero-order valence-electron chi connectivity index (χ0n) is 13.7. The molecule has 0 radical (unpaired) electrons. The molecule has 1 aromatic heterocycles. The third-order valence-corrected chi connectivity index (χ3v) is 5.58. The molecule has 1 aromatic rings. The minimum atomic E-state index is 0. The standard InChI is InChI=1S/C15H24ClN5S.ClH/c1-11-10-17-6-9-21(11)14-12(22-2)13(16)18-15(19-14)20-7-4-3-5-8-20;/h11,17H,3-10H2,1-2H3;1H. The highest BCUT2D eigenvalue weighted by atomic mass is 35.5. The van der Waals surface area contributed by atoms with Crippen molar-refractivity contribution < 1.29 is 0 Å². The number of hydrogen-bond donors (Lipinski definition) is 1. The molecule has 1 unspecified atom stereocenters. The number of anilines is 2. The van der Waals surface area contributed by atoms with Crippen molar-refractivity contribution in [3.8, 4) is 0 Å². The van der Waals surface area contributed by atoms with Crippen molar-refractivity contribution in [1.82, 2.24) is 15.3 Å². The van der Waals surface area contributed by atoms with Gasteiger partial charge in [-0.2, -0.15) is 9.97 Å². The molecule has 0 aliphatic carbocycles. The largest absolute Gasteiger partial charge is 0.350 e. The van der Waals surface area contributed by atoms with Crippen molar-refractivity contribution in [3.05, 3.63) is 5.15 Å². The van der Waals surface area contributed by atoms with E-state index in [0.717, 1.165) is 49.4 Å². The average molecular weight is 378 g/mol. The molecule has 1 atom stereocenters. The molecule has 1 N–H and O–H groups in total. The Morgan fingerprint density at radius 1 is 1.17 bits per heavy atom. The van der Waals surface area contributed by atoms with Gasteiger partial charge in [-0.3, -0.25) is 0 Å². The Balaban J connectivity index is 0.00000192. The van der Waals surface area contributed by atoms with Gasteiger partial charge < -0.3 is 15.1 Å². The van der Waals surface area contributed by atoms with Crippen LogP contribution in [-0.4, -0.2) is 55.0 Å². The van der Waals surface area contributed by atoms with Crippen LogP contribution in [0, 0.1) is 0 Å². The first-order valence-corrected chi connectivity index (χ1v) is 9.65. The number of rotatable bonds is 3. The van der Waals surface area contributed by atoms with Gasteiger partial charge in [0.25, 0.3) is 0 Å². The van der Waals surface area contributed by atoms with E-state index in [4.69, 9.17) is 16.6 Å². The van der Waals surface area contributed by atoms with Crippen molar-refractivity contribution in [2.45, 2.75) is 37.1 Å². The summed E-state index contributed by atoms with van der Waals surface area (Å²) in [6, 6.07) is 0.417. The molecule has 2 saturated heterocycles. The third-order valence-electron chi connectivity index (χ3n) is 4.41. The van der Waals surface area contributed by atoms with E-state index < -0.39 is 0 Å². The van der Waals surface area contributed by atoms with Gasteiger partial charge in [0.05, 0.1) is 4.90 Å². The molecule has 0 bridgehead atoms. The van der Waals surface area contributed by atoms with Crippen molar-refractivity contribution in [3.63, 3.8) is 0 Å². The van der Waals surface area contributed by atoms with Gasteiger partial charge in [-0.1, -0.05) is 11.6 Å². The normalized spacial score (nSPS) is 22.0. The SMILES string of the molecule is CSc1c(Cl)nc(N2CCCCC2)nc1N1CCNCC1C.Cl. The van der Waals surface area contributed by atoms with E-state index in [-0.39, 0.29) is 12.4 Å². The lowest BCUT2D eigenvalue weighted by Crippen LogP contribution is -2.50. The molecule has 2 aliphatic heterocycles. The summed E-state index contributed by atoms with van der Waals surface area (Å²) < 4.78 is 0. The summed E-state index contributed by atoms with van der Waals surface area (Å²) >= 11 is 8.12. The first-order chi connectivity index (χ1) is 10.7. The van der Waals surface area contributed by atoms with Crippen LogP contribution in [0.15, 0.2) is 4.90 Å². The van der Waals surface area contributed by atoms with Crippen molar-refractivity contribution in [2.75, 3.05) is 48.8 Å². The Morgan fingerprint density at radius 3 is 2.57 bits per heavy atom. The van der Waals surface area contributed by atoms with E-state index in [1.807, 2.05) is 6.26 Å². The van der Waals surface area contributed by atoms with Gasteiger partial charge in [0.2, 0.25) is 5.95 Å². The second-order valence-electron chi connectivity index (χ2n) is 5.97. The fourth-order valence-electron chi connectivity index (χ4n) is 3.16. The van der Waals surface area contributed by atoms with Gasteiger partial charge in [0, 0.05) is 38.8 Å². The summed E-state index contributed by atoms with van der Waals surface area (Å²) in [6.45, 7) is 7.22. The molecule has 8 heteroatoms. The maximum Gasteiger partial charge on any atom is 0.228 e. The monoisotopic (exact) mass is 377 g/mol. The van der Waals surface area contributed by atoms with Crippen LogP contribution in [0.4, 0.5) is 11.8 Å². The molecule has 23 heavy (non-hydrogen) atoms. The van der Waals surface area contributed by atoms with Crippen LogP contribution >= 0.6 is 35.8 Å². The van der Waals surface area contributed by atoms with Crippen LogP contribution in [0.25, 0.3) is 0 Å². The minimum Gasteiger partial charge on any atom is -0.350 e. The van der Waals surface area contributed by atoms with E-state index in [2.05, 4.69) is 27.0 Å². The molecule has 0 aromatic carbocycles. The first-order valence-electron chi connectivity index (χ1n) is 8.04. The fraction of sp³-hybridized carbons (Fsp3) is 0.733. The lowest BCUT2D eigenvalue weighted by atomic mass is 10.1. The van der Waals surface area contributed by atoms with Crippen LogP contribution in [-0.2, 0) is 0 Å². The fourth-order valence-corrected chi connectivity index (χ4v) is 4.11. The van der Waals surface area contributed by atoms with Crippen molar-refractivity contribution in [1.29, 1.82) is 0 Å². The minimum absolute atomic E-state index is 0. The molecule has 3 heterocycles. The van der Waals surface area contributed by atoms with E-state index in [9.17, 15) is 0 Å². The van der Waals surface area contributed by atoms with Gasteiger partial charge in [-0.25, -0.2) is 0 Å². The Labute approximate surface area is 154 Å². The molecule has 0 amide bonds. The van der Waals surface area contributed by atoms with Crippen LogP contribution in [0.5, 0.6) is 0 Å². The Morgan fingerprint density at radius 2 is 1.91 bits per heavy atom. The molecule has 2 aliphatic rings. The maximum atomic E-state index is 6.48. The second-order valence-corrected chi connectivity index (χ2v) is 7.14. The summed E-state index contributed by atoms with van der Waals surface area (Å²) in [5, 5.41) is 4.02. The van der Waals surface area contributed by atoms with Crippen molar-refractivity contribution in [2.24, 2.45) is 0 Å². The number of hydrogen-bond acceptors (Lipinski definition) is 6. The molecule has 0 spiro atoms. The lowest BCUT2D eigenvalue weighted by Gasteiger charge is -2.36. The Kier molecular flexibility index (Phi) is 7.07. The number of nitrogens with zero attached hydrogens (tertiary/aromatic N) is 4. The molecule has 0 saturated carbocycles. The Hall–Kier alpha value is -0.430. The number of halogens is 2. The first kappa shape index (κ1) is 18.9. The van der Waals surface area contributed by atoms with Crippen molar-refractivity contribution >= 4 is 47.5 Å². The van der Waals surface area contributed by atoms with Gasteiger partial charge in [0.15, 0.2) is 0 Å². The van der Waals surface area contributed by atoms with E-state index in [1.54, 1.807) is 11.8 Å². The smallest absolute Gasteiger partial charge is 0.228 e. The van der Waals surface area contributed by atoms with Gasteiger partial charge >= 0.3 is 0 Å². The van der Waals surface area contributed by atoms with Crippen LogP contribution < -0.4 is 15.1 Å². The third kappa shape index (κ3) is 4.16. The second kappa shape index (κ2) is 8.60.